The first-order valence-corrected chi connectivity index (χ1v) is 3.56. The van der Waals surface area contributed by atoms with Crippen molar-refractivity contribution >= 4 is 5.91 Å². The van der Waals surface area contributed by atoms with E-state index in [0.717, 1.165) is 19.4 Å². The fourth-order valence-corrected chi connectivity index (χ4v) is 1.09. The van der Waals surface area contributed by atoms with Crippen molar-refractivity contribution in [2.45, 2.75) is 19.3 Å². The van der Waals surface area contributed by atoms with Gasteiger partial charge in [0.15, 0.2) is 0 Å². The Morgan fingerprint density at radius 1 is 1.60 bits per heavy atom. The van der Waals surface area contributed by atoms with E-state index in [-0.39, 0.29) is 5.91 Å². The van der Waals surface area contributed by atoms with Crippen LogP contribution in [0, 0.1) is 18.3 Å². The maximum atomic E-state index is 10.8. The van der Waals surface area contributed by atoms with E-state index >= 15 is 0 Å². The van der Waals surface area contributed by atoms with E-state index in [2.05, 4.69) is 11.2 Å². The lowest BCUT2D eigenvalue weighted by atomic mass is 10.0. The number of terminal acetylenes is 1. The molecule has 2 heteroatoms. The molecule has 1 fully saturated rings. The summed E-state index contributed by atoms with van der Waals surface area (Å²) in [6.45, 7) is 0.744. The van der Waals surface area contributed by atoms with Gasteiger partial charge in [-0.2, -0.15) is 0 Å². The lowest BCUT2D eigenvalue weighted by Crippen LogP contribution is -2.21. The summed E-state index contributed by atoms with van der Waals surface area (Å²) in [7, 11) is 0. The largest absolute Gasteiger partial charge is 0.356 e. The highest BCUT2D eigenvalue weighted by Gasteiger charge is 2.12. The summed E-state index contributed by atoms with van der Waals surface area (Å²) in [5.74, 6) is 3.11. The van der Waals surface area contributed by atoms with E-state index in [9.17, 15) is 4.79 Å². The van der Waals surface area contributed by atoms with Crippen LogP contribution >= 0.6 is 0 Å². The highest BCUT2D eigenvalue weighted by molar-refractivity contribution is 5.76. The Morgan fingerprint density at radius 2 is 2.40 bits per heavy atom. The number of nitrogens with one attached hydrogen (secondary N) is 1. The van der Waals surface area contributed by atoms with E-state index < -0.39 is 0 Å². The number of hydrogen-bond donors (Lipinski definition) is 1. The highest BCUT2D eigenvalue weighted by atomic mass is 16.1. The predicted octanol–water partition coefficient (Wildman–Crippen LogP) is 0.536. The molecular weight excluding hydrogens is 126 g/mol. The van der Waals surface area contributed by atoms with Crippen molar-refractivity contribution in [3.63, 3.8) is 0 Å². The molecule has 1 atom stereocenters. The molecule has 1 amide bonds. The lowest BCUT2D eigenvalue weighted by molar-refractivity contribution is -0.120. The normalized spacial score (nSPS) is 26.3. The molecule has 0 radical (unpaired) electrons. The Morgan fingerprint density at radius 3 is 3.10 bits per heavy atom. The van der Waals surface area contributed by atoms with Crippen LogP contribution in [0.2, 0.25) is 0 Å². The van der Waals surface area contributed by atoms with Crippen LogP contribution in [0.15, 0.2) is 0 Å². The monoisotopic (exact) mass is 137 g/mol. The third kappa shape index (κ3) is 1.77. The third-order valence-electron chi connectivity index (χ3n) is 1.77. The second kappa shape index (κ2) is 3.26. The Kier molecular flexibility index (Phi) is 2.33. The molecule has 10 heavy (non-hydrogen) atoms. The van der Waals surface area contributed by atoms with Crippen LogP contribution in [0.1, 0.15) is 19.3 Å². The van der Waals surface area contributed by atoms with Crippen LogP contribution in [-0.4, -0.2) is 12.5 Å². The SMILES string of the molecule is C#CC1CCNC(=O)CC1. The minimum atomic E-state index is 0.137. The third-order valence-corrected chi connectivity index (χ3v) is 1.77. The van der Waals surface area contributed by atoms with Gasteiger partial charge in [-0.3, -0.25) is 4.79 Å². The standard InChI is InChI=1S/C8H11NO/c1-2-7-3-4-8(10)9-6-5-7/h1,7H,3-6H2,(H,9,10). The number of carbonyl (C=O) groups is 1. The molecule has 1 unspecified atom stereocenters. The number of amides is 1. The summed E-state index contributed by atoms with van der Waals surface area (Å²) in [4.78, 5) is 10.8. The van der Waals surface area contributed by atoms with Gasteiger partial charge in [-0.15, -0.1) is 12.3 Å². The summed E-state index contributed by atoms with van der Waals surface area (Å²) < 4.78 is 0. The second-order valence-electron chi connectivity index (χ2n) is 2.54. The van der Waals surface area contributed by atoms with Gasteiger partial charge in [0, 0.05) is 18.9 Å². The average molecular weight is 137 g/mol. The molecule has 54 valence electrons. The number of rotatable bonds is 0. The first kappa shape index (κ1) is 7.14. The second-order valence-corrected chi connectivity index (χ2v) is 2.54. The van der Waals surface area contributed by atoms with Gasteiger partial charge >= 0.3 is 0 Å². The van der Waals surface area contributed by atoms with Gasteiger partial charge in [-0.25, -0.2) is 0 Å². The molecule has 1 aliphatic heterocycles. The minimum absolute atomic E-state index is 0.137. The van der Waals surface area contributed by atoms with Crippen molar-refractivity contribution in [2.24, 2.45) is 5.92 Å². The van der Waals surface area contributed by atoms with Crippen LogP contribution in [0.25, 0.3) is 0 Å². The van der Waals surface area contributed by atoms with E-state index in [1.165, 1.54) is 0 Å². The van der Waals surface area contributed by atoms with Gasteiger partial charge in [-0.1, -0.05) is 0 Å². The summed E-state index contributed by atoms with van der Waals surface area (Å²) in [6, 6.07) is 0. The molecule has 0 spiro atoms. The first-order valence-electron chi connectivity index (χ1n) is 3.56. The smallest absolute Gasteiger partial charge is 0.220 e. The van der Waals surface area contributed by atoms with Gasteiger partial charge < -0.3 is 5.32 Å². The quantitative estimate of drug-likeness (QED) is 0.485. The maximum absolute atomic E-state index is 10.8. The average Bonchev–Trinajstić information content (AvgIpc) is 2.14. The Balaban J connectivity index is 2.42. The van der Waals surface area contributed by atoms with Crippen LogP contribution in [0.5, 0.6) is 0 Å². The molecule has 1 aliphatic rings. The van der Waals surface area contributed by atoms with Crippen molar-refractivity contribution in [1.82, 2.24) is 5.32 Å². The molecule has 0 aromatic carbocycles. The minimum Gasteiger partial charge on any atom is -0.356 e. The molecule has 0 saturated carbocycles. The first-order chi connectivity index (χ1) is 4.83. The van der Waals surface area contributed by atoms with E-state index in [0.29, 0.717) is 12.3 Å². The molecule has 0 aliphatic carbocycles. The van der Waals surface area contributed by atoms with Crippen molar-refractivity contribution in [1.29, 1.82) is 0 Å². The molecule has 1 rings (SSSR count). The zero-order valence-corrected chi connectivity index (χ0v) is 5.89. The molecule has 2 nitrogen and oxygen atoms in total. The van der Waals surface area contributed by atoms with Gasteiger partial charge in [0.05, 0.1) is 0 Å². The van der Waals surface area contributed by atoms with Gasteiger partial charge in [0.25, 0.3) is 0 Å². The number of hydrogen-bond acceptors (Lipinski definition) is 1. The van der Waals surface area contributed by atoms with Crippen molar-refractivity contribution in [2.75, 3.05) is 6.54 Å². The van der Waals surface area contributed by atoms with Crippen LogP contribution in [0.3, 0.4) is 0 Å². The molecule has 0 bridgehead atoms. The molecule has 1 saturated heterocycles. The summed E-state index contributed by atoms with van der Waals surface area (Å²) in [5, 5.41) is 2.77. The Hall–Kier alpha value is -0.970. The Labute approximate surface area is 61.0 Å². The van der Waals surface area contributed by atoms with Gasteiger partial charge in [0.1, 0.15) is 0 Å². The number of carbonyl (C=O) groups excluding carboxylic acids is 1. The zero-order valence-electron chi connectivity index (χ0n) is 5.89. The van der Waals surface area contributed by atoms with E-state index in [4.69, 9.17) is 6.42 Å². The van der Waals surface area contributed by atoms with Crippen LogP contribution < -0.4 is 5.32 Å². The van der Waals surface area contributed by atoms with Gasteiger partial charge in [0.2, 0.25) is 5.91 Å². The van der Waals surface area contributed by atoms with Crippen molar-refractivity contribution in [3.8, 4) is 12.3 Å². The molecule has 1 N–H and O–H groups in total. The molecule has 1 heterocycles. The summed E-state index contributed by atoms with van der Waals surface area (Å²) in [6.07, 6.45) is 7.60. The van der Waals surface area contributed by atoms with Gasteiger partial charge in [-0.05, 0) is 12.8 Å². The Bertz CT molecular complexity index is 169. The fraction of sp³-hybridized carbons (Fsp3) is 0.625. The predicted molar refractivity (Wildman–Crippen MR) is 39.2 cm³/mol. The molecule has 0 aromatic heterocycles. The van der Waals surface area contributed by atoms with Crippen LogP contribution in [0.4, 0.5) is 0 Å². The van der Waals surface area contributed by atoms with Crippen molar-refractivity contribution in [3.05, 3.63) is 0 Å². The topological polar surface area (TPSA) is 29.1 Å². The van der Waals surface area contributed by atoms with Crippen molar-refractivity contribution < 1.29 is 4.79 Å². The lowest BCUT2D eigenvalue weighted by Gasteiger charge is -2.01. The maximum Gasteiger partial charge on any atom is 0.220 e. The summed E-state index contributed by atoms with van der Waals surface area (Å²) >= 11 is 0. The van der Waals surface area contributed by atoms with E-state index in [1.807, 2.05) is 0 Å². The molecule has 0 aromatic rings. The molecular formula is C8H11NO. The highest BCUT2D eigenvalue weighted by Crippen LogP contribution is 2.11. The van der Waals surface area contributed by atoms with E-state index in [1.54, 1.807) is 0 Å². The summed E-state index contributed by atoms with van der Waals surface area (Å²) in [5.41, 5.74) is 0. The van der Waals surface area contributed by atoms with Crippen LogP contribution in [-0.2, 0) is 4.79 Å². The zero-order chi connectivity index (χ0) is 7.40. The fourth-order valence-electron chi connectivity index (χ4n) is 1.09.